The SMILES string of the molecule is CNC(C)c1ccc(OC)cc1OCCOCCCOC. The molecule has 1 unspecified atom stereocenters. The second-order valence-corrected chi connectivity index (χ2v) is 4.72. The van der Waals surface area contributed by atoms with Crippen molar-refractivity contribution in [1.82, 2.24) is 5.32 Å². The van der Waals surface area contributed by atoms with E-state index in [0.717, 1.165) is 30.1 Å². The van der Waals surface area contributed by atoms with Gasteiger partial charge in [-0.05, 0) is 26.5 Å². The molecule has 21 heavy (non-hydrogen) atoms. The van der Waals surface area contributed by atoms with Crippen molar-refractivity contribution in [1.29, 1.82) is 0 Å². The molecule has 0 fully saturated rings. The molecule has 5 heteroatoms. The van der Waals surface area contributed by atoms with Gasteiger partial charge in [-0.25, -0.2) is 0 Å². The minimum Gasteiger partial charge on any atom is -0.497 e. The van der Waals surface area contributed by atoms with Crippen LogP contribution in [0.1, 0.15) is 24.9 Å². The maximum Gasteiger partial charge on any atom is 0.127 e. The highest BCUT2D eigenvalue weighted by atomic mass is 16.5. The highest BCUT2D eigenvalue weighted by molar-refractivity contribution is 5.42. The lowest BCUT2D eigenvalue weighted by atomic mass is 10.1. The molecule has 1 N–H and O–H groups in total. The first-order valence-corrected chi connectivity index (χ1v) is 7.27. The van der Waals surface area contributed by atoms with Gasteiger partial charge in [-0.1, -0.05) is 6.07 Å². The van der Waals surface area contributed by atoms with Crippen molar-refractivity contribution in [2.75, 3.05) is 47.7 Å². The van der Waals surface area contributed by atoms with Crippen LogP contribution in [0.2, 0.25) is 0 Å². The topological polar surface area (TPSA) is 49.0 Å². The Balaban J connectivity index is 2.48. The Labute approximate surface area is 127 Å². The van der Waals surface area contributed by atoms with Gasteiger partial charge in [0.15, 0.2) is 0 Å². The van der Waals surface area contributed by atoms with Crippen LogP contribution in [0.3, 0.4) is 0 Å². The molecule has 0 heterocycles. The van der Waals surface area contributed by atoms with Crippen molar-refractivity contribution < 1.29 is 18.9 Å². The van der Waals surface area contributed by atoms with Gasteiger partial charge in [0.1, 0.15) is 18.1 Å². The highest BCUT2D eigenvalue weighted by Gasteiger charge is 2.11. The smallest absolute Gasteiger partial charge is 0.127 e. The fourth-order valence-electron chi connectivity index (χ4n) is 1.90. The molecule has 120 valence electrons. The van der Waals surface area contributed by atoms with Crippen molar-refractivity contribution in [3.63, 3.8) is 0 Å². The molecule has 1 aromatic rings. The molecule has 0 aromatic heterocycles. The summed E-state index contributed by atoms with van der Waals surface area (Å²) in [6.45, 7) is 4.59. The number of hydrogen-bond donors (Lipinski definition) is 1. The van der Waals surface area contributed by atoms with E-state index in [4.69, 9.17) is 18.9 Å². The van der Waals surface area contributed by atoms with Gasteiger partial charge >= 0.3 is 0 Å². The Morgan fingerprint density at radius 3 is 2.57 bits per heavy atom. The third-order valence-electron chi connectivity index (χ3n) is 3.24. The number of methoxy groups -OCH3 is 2. The summed E-state index contributed by atoms with van der Waals surface area (Å²) in [5, 5.41) is 3.22. The van der Waals surface area contributed by atoms with E-state index in [-0.39, 0.29) is 6.04 Å². The van der Waals surface area contributed by atoms with Crippen LogP contribution in [0.25, 0.3) is 0 Å². The fraction of sp³-hybridized carbons (Fsp3) is 0.625. The first-order chi connectivity index (χ1) is 10.2. The normalized spacial score (nSPS) is 12.2. The van der Waals surface area contributed by atoms with Crippen LogP contribution >= 0.6 is 0 Å². The number of hydrogen-bond acceptors (Lipinski definition) is 5. The van der Waals surface area contributed by atoms with E-state index in [1.807, 2.05) is 25.2 Å². The Morgan fingerprint density at radius 2 is 1.90 bits per heavy atom. The molecular weight excluding hydrogens is 270 g/mol. The second kappa shape index (κ2) is 10.4. The molecule has 0 spiro atoms. The van der Waals surface area contributed by atoms with Gasteiger partial charge in [0.2, 0.25) is 0 Å². The summed E-state index contributed by atoms with van der Waals surface area (Å²) in [4.78, 5) is 0. The second-order valence-electron chi connectivity index (χ2n) is 4.72. The number of rotatable bonds is 11. The molecule has 0 bridgehead atoms. The highest BCUT2D eigenvalue weighted by Crippen LogP contribution is 2.29. The maximum atomic E-state index is 5.83. The van der Waals surface area contributed by atoms with Crippen LogP contribution in [-0.4, -0.2) is 47.7 Å². The van der Waals surface area contributed by atoms with Gasteiger partial charge in [-0.3, -0.25) is 0 Å². The largest absolute Gasteiger partial charge is 0.497 e. The molecule has 5 nitrogen and oxygen atoms in total. The Bertz CT molecular complexity index is 398. The van der Waals surface area contributed by atoms with Crippen LogP contribution in [0.4, 0.5) is 0 Å². The fourth-order valence-corrected chi connectivity index (χ4v) is 1.90. The lowest BCUT2D eigenvalue weighted by molar-refractivity contribution is 0.0802. The van der Waals surface area contributed by atoms with Crippen molar-refractivity contribution >= 4 is 0 Å². The molecule has 0 aliphatic rings. The zero-order chi connectivity index (χ0) is 15.5. The van der Waals surface area contributed by atoms with Crippen molar-refractivity contribution in [3.05, 3.63) is 23.8 Å². The average Bonchev–Trinajstić information content (AvgIpc) is 2.53. The van der Waals surface area contributed by atoms with Crippen LogP contribution in [0, 0.1) is 0 Å². The van der Waals surface area contributed by atoms with Crippen LogP contribution in [0.15, 0.2) is 18.2 Å². The maximum absolute atomic E-state index is 5.83. The molecule has 1 rings (SSSR count). The molecular formula is C16H27NO4. The van der Waals surface area contributed by atoms with E-state index < -0.39 is 0 Å². The average molecular weight is 297 g/mol. The van der Waals surface area contributed by atoms with Gasteiger partial charge in [-0.15, -0.1) is 0 Å². The van der Waals surface area contributed by atoms with Crippen molar-refractivity contribution in [2.45, 2.75) is 19.4 Å². The third-order valence-corrected chi connectivity index (χ3v) is 3.24. The number of nitrogens with one attached hydrogen (secondary N) is 1. The predicted octanol–water partition coefficient (Wildman–Crippen LogP) is 2.41. The van der Waals surface area contributed by atoms with Crippen molar-refractivity contribution in [2.24, 2.45) is 0 Å². The van der Waals surface area contributed by atoms with Gasteiger partial charge in [0.25, 0.3) is 0 Å². The summed E-state index contributed by atoms with van der Waals surface area (Å²) in [5.41, 5.74) is 1.11. The molecule has 0 aliphatic carbocycles. The minimum absolute atomic E-state index is 0.216. The number of benzene rings is 1. The van der Waals surface area contributed by atoms with E-state index in [9.17, 15) is 0 Å². The number of ether oxygens (including phenoxy) is 4. The van der Waals surface area contributed by atoms with Gasteiger partial charge in [0.05, 0.1) is 13.7 Å². The van der Waals surface area contributed by atoms with Crippen molar-refractivity contribution in [3.8, 4) is 11.5 Å². The van der Waals surface area contributed by atoms with Gasteiger partial charge in [0, 0.05) is 38.0 Å². The first-order valence-electron chi connectivity index (χ1n) is 7.27. The Kier molecular flexibility index (Phi) is 8.82. The third kappa shape index (κ3) is 6.33. The zero-order valence-electron chi connectivity index (χ0n) is 13.5. The van der Waals surface area contributed by atoms with Gasteiger partial charge < -0.3 is 24.3 Å². The minimum atomic E-state index is 0.216. The quantitative estimate of drug-likeness (QED) is 0.636. The molecule has 1 atom stereocenters. The molecule has 0 aliphatic heterocycles. The predicted molar refractivity (Wildman–Crippen MR) is 83.3 cm³/mol. The standard InChI is InChI=1S/C16H27NO4/c1-13(17-2)15-7-6-14(19-4)12-16(15)21-11-10-20-9-5-8-18-3/h6-7,12-13,17H,5,8-11H2,1-4H3. The summed E-state index contributed by atoms with van der Waals surface area (Å²) in [6.07, 6.45) is 0.900. The molecule has 1 aromatic carbocycles. The summed E-state index contributed by atoms with van der Waals surface area (Å²) >= 11 is 0. The summed E-state index contributed by atoms with van der Waals surface area (Å²) < 4.78 is 21.5. The lowest BCUT2D eigenvalue weighted by Crippen LogP contribution is -2.15. The molecule has 0 radical (unpaired) electrons. The lowest BCUT2D eigenvalue weighted by Gasteiger charge is -2.17. The van der Waals surface area contributed by atoms with Crippen LogP contribution < -0.4 is 14.8 Å². The van der Waals surface area contributed by atoms with Crippen LogP contribution in [-0.2, 0) is 9.47 Å². The Morgan fingerprint density at radius 1 is 1.10 bits per heavy atom. The van der Waals surface area contributed by atoms with E-state index >= 15 is 0 Å². The summed E-state index contributed by atoms with van der Waals surface area (Å²) in [5.74, 6) is 1.62. The molecule has 0 saturated carbocycles. The molecule has 0 saturated heterocycles. The van der Waals surface area contributed by atoms with E-state index in [1.54, 1.807) is 14.2 Å². The van der Waals surface area contributed by atoms with E-state index in [2.05, 4.69) is 12.2 Å². The first kappa shape index (κ1) is 17.8. The zero-order valence-corrected chi connectivity index (χ0v) is 13.5. The van der Waals surface area contributed by atoms with Gasteiger partial charge in [-0.2, -0.15) is 0 Å². The monoisotopic (exact) mass is 297 g/mol. The van der Waals surface area contributed by atoms with E-state index in [0.29, 0.717) is 19.8 Å². The summed E-state index contributed by atoms with van der Waals surface area (Å²) in [6, 6.07) is 6.09. The van der Waals surface area contributed by atoms with Crippen LogP contribution in [0.5, 0.6) is 11.5 Å². The molecule has 0 amide bonds. The Hall–Kier alpha value is -1.30. The summed E-state index contributed by atoms with van der Waals surface area (Å²) in [7, 11) is 5.27. The van der Waals surface area contributed by atoms with E-state index in [1.165, 1.54) is 0 Å².